The molecule has 0 saturated heterocycles. The van der Waals surface area contributed by atoms with Crippen LogP contribution in [0.1, 0.15) is 50.2 Å². The molecule has 0 spiro atoms. The van der Waals surface area contributed by atoms with Crippen LogP contribution in [-0.2, 0) is 13.0 Å². The molecule has 0 amide bonds. The van der Waals surface area contributed by atoms with E-state index in [2.05, 4.69) is 15.3 Å². The van der Waals surface area contributed by atoms with E-state index in [0.717, 1.165) is 49.8 Å². The lowest BCUT2D eigenvalue weighted by molar-refractivity contribution is 0.227. The van der Waals surface area contributed by atoms with E-state index in [1.54, 1.807) is 24.4 Å². The monoisotopic (exact) mass is 563 g/mol. The number of fused-ring (bicyclic) bond motifs is 1. The summed E-state index contributed by atoms with van der Waals surface area (Å²) in [6.07, 6.45) is 6.94. The highest BCUT2D eigenvalue weighted by Crippen LogP contribution is 2.32. The number of benzene rings is 2. The molecule has 40 heavy (non-hydrogen) atoms. The van der Waals surface area contributed by atoms with Crippen LogP contribution in [0.4, 0.5) is 4.39 Å². The molecule has 1 aliphatic rings. The molecule has 5 rings (SSSR count). The number of nitrogens with one attached hydrogen (secondary N) is 3. The van der Waals surface area contributed by atoms with E-state index in [4.69, 9.17) is 28.5 Å². The average molecular weight is 564 g/mol. The van der Waals surface area contributed by atoms with Crippen LogP contribution in [0.5, 0.6) is 0 Å². The minimum absolute atomic E-state index is 0.0576. The van der Waals surface area contributed by atoms with Gasteiger partial charge in [-0.15, -0.1) is 0 Å². The smallest absolute Gasteiger partial charge is 0.354 e. The lowest BCUT2D eigenvalue weighted by atomic mass is 9.78. The molecule has 210 valence electrons. The average Bonchev–Trinajstić information content (AvgIpc) is 3.29. The van der Waals surface area contributed by atoms with Crippen molar-refractivity contribution in [1.29, 1.82) is 5.41 Å². The Balaban J connectivity index is 1.31. The van der Waals surface area contributed by atoms with Crippen LogP contribution in [0.15, 0.2) is 53.5 Å². The molecule has 4 aromatic rings. The Morgan fingerprint density at radius 1 is 1.25 bits per heavy atom. The van der Waals surface area contributed by atoms with Crippen molar-refractivity contribution in [3.8, 4) is 16.9 Å². The molecule has 2 aromatic heterocycles. The molecule has 2 aromatic carbocycles. The van der Waals surface area contributed by atoms with Crippen molar-refractivity contribution in [3.63, 3.8) is 0 Å². The SMILES string of the molecule is C[C@H](N)CCCc1cc(Cl)c(F)c(-c2cc3cn(-c4ccc(CNC5CC(CC(=N)N)C5)cc4)c(=O)nc3[nH]2)c1. The summed E-state index contributed by atoms with van der Waals surface area (Å²) >= 11 is 6.23. The van der Waals surface area contributed by atoms with Crippen LogP contribution in [0, 0.1) is 17.1 Å². The first kappa shape index (κ1) is 28.0. The number of aromatic nitrogens is 3. The molecule has 1 saturated carbocycles. The van der Waals surface area contributed by atoms with Crippen LogP contribution in [0.2, 0.25) is 5.02 Å². The number of H-pyrrole nitrogens is 1. The molecule has 0 aliphatic heterocycles. The van der Waals surface area contributed by atoms with E-state index in [0.29, 0.717) is 46.4 Å². The molecule has 0 unspecified atom stereocenters. The minimum atomic E-state index is -0.514. The van der Waals surface area contributed by atoms with Gasteiger partial charge in [0.2, 0.25) is 0 Å². The number of rotatable bonds is 11. The van der Waals surface area contributed by atoms with Crippen LogP contribution in [0.25, 0.3) is 28.0 Å². The normalized spacial score (nSPS) is 17.6. The number of amidine groups is 1. The summed E-state index contributed by atoms with van der Waals surface area (Å²) in [7, 11) is 0. The third-order valence-electron chi connectivity index (χ3n) is 7.56. The van der Waals surface area contributed by atoms with Crippen molar-refractivity contribution in [3.05, 3.63) is 81.1 Å². The maximum absolute atomic E-state index is 15.0. The summed E-state index contributed by atoms with van der Waals surface area (Å²) in [5.74, 6) is 0.246. The van der Waals surface area contributed by atoms with Crippen molar-refractivity contribution in [1.82, 2.24) is 19.9 Å². The second-order valence-electron chi connectivity index (χ2n) is 11.0. The minimum Gasteiger partial charge on any atom is -0.388 e. The standard InChI is InChI=1S/C30H35ClFN7O/c1-17(33)3-2-4-19-11-24(28(32)25(31)12-19)26-14-21-16-39(30(40)38-29(21)37-26)23-7-5-18(6-8-23)15-36-22-9-20(10-22)13-27(34)35/h5-8,11-12,14,16-17,20,22,36H,2-4,9-10,13,15,33H2,1H3,(H3,34,35)(H,37,38,40)/t17-,20?,22?/m0/s1. The van der Waals surface area contributed by atoms with Gasteiger partial charge in [0.15, 0.2) is 5.82 Å². The fourth-order valence-corrected chi connectivity index (χ4v) is 5.60. The summed E-state index contributed by atoms with van der Waals surface area (Å²) in [4.78, 5) is 20.2. The Hall–Kier alpha value is -3.53. The maximum Gasteiger partial charge on any atom is 0.354 e. The van der Waals surface area contributed by atoms with E-state index in [-0.39, 0.29) is 16.9 Å². The zero-order valence-electron chi connectivity index (χ0n) is 22.5. The summed E-state index contributed by atoms with van der Waals surface area (Å²) in [6, 6.07) is 13.5. The van der Waals surface area contributed by atoms with Crippen molar-refractivity contribution in [2.75, 3.05) is 0 Å². The summed E-state index contributed by atoms with van der Waals surface area (Å²) in [5, 5.41) is 11.7. The second kappa shape index (κ2) is 11.9. The van der Waals surface area contributed by atoms with Crippen LogP contribution >= 0.6 is 11.6 Å². The predicted molar refractivity (Wildman–Crippen MR) is 159 cm³/mol. The molecule has 10 heteroatoms. The van der Waals surface area contributed by atoms with Gasteiger partial charge in [0.25, 0.3) is 0 Å². The largest absolute Gasteiger partial charge is 0.388 e. The fraction of sp³-hybridized carbons (Fsp3) is 0.367. The Morgan fingerprint density at radius 2 is 2.00 bits per heavy atom. The third-order valence-corrected chi connectivity index (χ3v) is 7.84. The fourth-order valence-electron chi connectivity index (χ4n) is 5.35. The van der Waals surface area contributed by atoms with Gasteiger partial charge >= 0.3 is 5.69 Å². The molecular formula is C30H35ClFN7O. The van der Waals surface area contributed by atoms with Gasteiger partial charge in [0.05, 0.1) is 22.2 Å². The first-order valence-corrected chi connectivity index (χ1v) is 14.1. The van der Waals surface area contributed by atoms with E-state index >= 15 is 4.39 Å². The van der Waals surface area contributed by atoms with E-state index in [9.17, 15) is 4.79 Å². The quantitative estimate of drug-likeness (QED) is 0.128. The molecule has 1 fully saturated rings. The van der Waals surface area contributed by atoms with Gasteiger partial charge in [-0.3, -0.25) is 9.98 Å². The predicted octanol–water partition coefficient (Wildman–Crippen LogP) is 5.04. The Bertz CT molecular complexity index is 1570. The summed E-state index contributed by atoms with van der Waals surface area (Å²) in [5.41, 5.74) is 14.9. The van der Waals surface area contributed by atoms with Crippen molar-refractivity contribution in [2.45, 2.75) is 64.1 Å². The van der Waals surface area contributed by atoms with Crippen LogP contribution < -0.4 is 22.5 Å². The molecule has 8 nitrogen and oxygen atoms in total. The molecule has 1 aliphatic carbocycles. The topological polar surface area (TPSA) is 139 Å². The van der Waals surface area contributed by atoms with Gasteiger partial charge in [-0.1, -0.05) is 23.7 Å². The number of aromatic amines is 1. The van der Waals surface area contributed by atoms with Gasteiger partial charge in [-0.2, -0.15) is 4.98 Å². The Labute approximate surface area is 237 Å². The second-order valence-corrected chi connectivity index (χ2v) is 11.4. The Kier molecular flexibility index (Phi) is 8.35. The van der Waals surface area contributed by atoms with E-state index in [1.165, 1.54) is 4.57 Å². The summed E-state index contributed by atoms with van der Waals surface area (Å²) in [6.45, 7) is 2.69. The molecule has 7 N–H and O–H groups in total. The maximum atomic E-state index is 15.0. The van der Waals surface area contributed by atoms with Gasteiger partial charge in [-0.05, 0) is 86.4 Å². The van der Waals surface area contributed by atoms with E-state index in [1.807, 2.05) is 31.2 Å². The number of hydrogen-bond donors (Lipinski definition) is 5. The lowest BCUT2D eigenvalue weighted by Gasteiger charge is -2.35. The lowest BCUT2D eigenvalue weighted by Crippen LogP contribution is -2.42. The number of aryl methyl sites for hydroxylation is 1. The van der Waals surface area contributed by atoms with E-state index < -0.39 is 11.5 Å². The van der Waals surface area contributed by atoms with Gasteiger partial charge in [-0.25, -0.2) is 9.18 Å². The van der Waals surface area contributed by atoms with Crippen molar-refractivity contribution in [2.24, 2.45) is 17.4 Å². The van der Waals surface area contributed by atoms with Crippen molar-refractivity contribution >= 4 is 28.5 Å². The summed E-state index contributed by atoms with van der Waals surface area (Å²) < 4.78 is 16.5. The van der Waals surface area contributed by atoms with Crippen LogP contribution in [0.3, 0.4) is 0 Å². The highest BCUT2D eigenvalue weighted by molar-refractivity contribution is 6.31. The third kappa shape index (κ3) is 6.43. The number of halogens is 2. The Morgan fingerprint density at radius 3 is 2.70 bits per heavy atom. The van der Waals surface area contributed by atoms with Gasteiger partial charge < -0.3 is 21.8 Å². The highest BCUT2D eigenvalue weighted by atomic mass is 35.5. The van der Waals surface area contributed by atoms with Gasteiger partial charge in [0, 0.05) is 42.2 Å². The molecule has 1 atom stereocenters. The highest BCUT2D eigenvalue weighted by Gasteiger charge is 2.28. The zero-order valence-corrected chi connectivity index (χ0v) is 23.3. The number of hydrogen-bond acceptors (Lipinski definition) is 5. The number of nitrogens with two attached hydrogens (primary N) is 2. The molecular weight excluding hydrogens is 529 g/mol. The first-order valence-electron chi connectivity index (χ1n) is 13.7. The molecule has 2 heterocycles. The first-order chi connectivity index (χ1) is 19.2. The van der Waals surface area contributed by atoms with Gasteiger partial charge in [0.1, 0.15) is 5.65 Å². The zero-order chi connectivity index (χ0) is 28.4. The number of nitrogens with zero attached hydrogens (tertiary/aromatic N) is 2. The van der Waals surface area contributed by atoms with Crippen LogP contribution in [-0.4, -0.2) is 32.5 Å². The van der Waals surface area contributed by atoms with Crippen molar-refractivity contribution < 1.29 is 4.39 Å². The molecule has 0 radical (unpaired) electrons. The molecule has 0 bridgehead atoms.